The maximum absolute atomic E-state index is 12.5. The number of hydrogen-bond acceptors (Lipinski definition) is 7. The van der Waals surface area contributed by atoms with Crippen LogP contribution in [0.4, 0.5) is 9.93 Å². The van der Waals surface area contributed by atoms with Gasteiger partial charge in [0.2, 0.25) is 5.13 Å². The number of methoxy groups -OCH3 is 1. The topological polar surface area (TPSA) is 84.9 Å². The van der Waals surface area contributed by atoms with Gasteiger partial charge in [-0.05, 0) is 0 Å². The molecule has 128 valence electrons. The van der Waals surface area contributed by atoms with Crippen molar-refractivity contribution in [3.05, 3.63) is 5.01 Å². The summed E-state index contributed by atoms with van der Waals surface area (Å²) in [5, 5.41) is 9.53. The Labute approximate surface area is 139 Å². The third kappa shape index (κ3) is 3.97. The van der Waals surface area contributed by atoms with Gasteiger partial charge >= 0.3 is 12.0 Å². The molecular formula is C14H22N4O4S. The third-order valence-electron chi connectivity index (χ3n) is 3.32. The Kier molecular flexibility index (Phi) is 5.20. The van der Waals surface area contributed by atoms with Crippen LogP contribution in [-0.4, -0.2) is 60.6 Å². The van der Waals surface area contributed by atoms with E-state index < -0.39 is 12.2 Å². The Morgan fingerprint density at radius 3 is 2.65 bits per heavy atom. The number of urea groups is 1. The fourth-order valence-electron chi connectivity index (χ4n) is 2.07. The van der Waals surface area contributed by atoms with E-state index in [1.807, 2.05) is 20.8 Å². The number of rotatable bonds is 4. The average molecular weight is 342 g/mol. The molecule has 0 bridgehead atoms. The SMILES string of the molecule is COCC(=O)OC1CCN(C)C(=O)N1c1nnc(C(C)(C)C)s1. The van der Waals surface area contributed by atoms with Crippen LogP contribution in [0.1, 0.15) is 32.2 Å². The van der Waals surface area contributed by atoms with E-state index in [0.717, 1.165) is 5.01 Å². The highest BCUT2D eigenvalue weighted by atomic mass is 32.1. The number of ether oxygens (including phenoxy) is 2. The minimum Gasteiger partial charge on any atom is -0.439 e. The maximum atomic E-state index is 12.5. The van der Waals surface area contributed by atoms with E-state index in [-0.39, 0.29) is 18.1 Å². The Balaban J connectivity index is 2.26. The van der Waals surface area contributed by atoms with Crippen molar-refractivity contribution >= 4 is 28.5 Å². The molecule has 1 unspecified atom stereocenters. The van der Waals surface area contributed by atoms with Crippen molar-refractivity contribution in [2.24, 2.45) is 0 Å². The van der Waals surface area contributed by atoms with Gasteiger partial charge in [0.1, 0.15) is 11.6 Å². The molecule has 1 aliphatic heterocycles. The lowest BCUT2D eigenvalue weighted by atomic mass is 9.98. The van der Waals surface area contributed by atoms with Gasteiger partial charge in [-0.15, -0.1) is 10.2 Å². The second kappa shape index (κ2) is 6.79. The molecule has 23 heavy (non-hydrogen) atoms. The summed E-state index contributed by atoms with van der Waals surface area (Å²) in [6.07, 6.45) is -0.190. The van der Waals surface area contributed by atoms with Gasteiger partial charge in [-0.25, -0.2) is 14.5 Å². The molecule has 1 atom stereocenters. The first-order valence-corrected chi connectivity index (χ1v) is 8.12. The summed E-state index contributed by atoms with van der Waals surface area (Å²) in [5.41, 5.74) is -0.164. The van der Waals surface area contributed by atoms with Crippen molar-refractivity contribution in [3.63, 3.8) is 0 Å². The summed E-state index contributed by atoms with van der Waals surface area (Å²) in [4.78, 5) is 27.2. The summed E-state index contributed by atoms with van der Waals surface area (Å²) in [6, 6.07) is -0.261. The molecule has 0 N–H and O–H groups in total. The number of carbonyl (C=O) groups is 2. The van der Waals surface area contributed by atoms with E-state index in [1.165, 1.54) is 23.3 Å². The van der Waals surface area contributed by atoms with Crippen molar-refractivity contribution in [1.82, 2.24) is 15.1 Å². The van der Waals surface area contributed by atoms with E-state index in [2.05, 4.69) is 10.2 Å². The molecule has 0 saturated carbocycles. The quantitative estimate of drug-likeness (QED) is 0.773. The number of nitrogens with zero attached hydrogens (tertiary/aromatic N) is 4. The van der Waals surface area contributed by atoms with Gasteiger partial charge in [-0.3, -0.25) is 0 Å². The first kappa shape index (κ1) is 17.6. The van der Waals surface area contributed by atoms with E-state index in [1.54, 1.807) is 11.9 Å². The van der Waals surface area contributed by atoms with Gasteiger partial charge in [-0.1, -0.05) is 32.1 Å². The summed E-state index contributed by atoms with van der Waals surface area (Å²) in [5.74, 6) is -0.514. The minimum absolute atomic E-state index is 0.155. The molecule has 2 rings (SSSR count). The van der Waals surface area contributed by atoms with Gasteiger partial charge in [-0.2, -0.15) is 0 Å². The Bertz CT molecular complexity index is 584. The van der Waals surface area contributed by atoms with Crippen LogP contribution in [0.25, 0.3) is 0 Å². The maximum Gasteiger partial charge on any atom is 0.334 e. The minimum atomic E-state index is -0.692. The fourth-order valence-corrected chi connectivity index (χ4v) is 3.01. The largest absolute Gasteiger partial charge is 0.439 e. The van der Waals surface area contributed by atoms with Crippen molar-refractivity contribution < 1.29 is 19.1 Å². The predicted octanol–water partition coefficient (Wildman–Crippen LogP) is 1.61. The molecule has 1 fully saturated rings. The molecular weight excluding hydrogens is 320 g/mol. The zero-order chi connectivity index (χ0) is 17.2. The fraction of sp³-hybridized carbons (Fsp3) is 0.714. The van der Waals surface area contributed by atoms with Crippen molar-refractivity contribution in [2.45, 2.75) is 38.8 Å². The summed E-state index contributed by atoms with van der Waals surface area (Å²) < 4.78 is 10.1. The van der Waals surface area contributed by atoms with Crippen LogP contribution in [0.2, 0.25) is 0 Å². The van der Waals surface area contributed by atoms with Crippen molar-refractivity contribution in [1.29, 1.82) is 0 Å². The normalized spacial score (nSPS) is 19.2. The molecule has 1 aromatic heterocycles. The first-order valence-electron chi connectivity index (χ1n) is 7.30. The molecule has 1 aromatic rings. The smallest absolute Gasteiger partial charge is 0.334 e. The third-order valence-corrected chi connectivity index (χ3v) is 4.67. The van der Waals surface area contributed by atoms with Gasteiger partial charge in [0, 0.05) is 32.5 Å². The standard InChI is InChI=1S/C14H22N4O4S/c1-14(2,3)11-15-16-12(23-11)18-9(22-10(19)8-21-5)6-7-17(4)13(18)20/h9H,6-8H2,1-5H3. The highest BCUT2D eigenvalue weighted by Crippen LogP contribution is 2.33. The van der Waals surface area contributed by atoms with Gasteiger partial charge in [0.15, 0.2) is 6.23 Å². The molecule has 8 nitrogen and oxygen atoms in total. The first-order chi connectivity index (χ1) is 10.7. The van der Waals surface area contributed by atoms with Crippen LogP contribution in [0.3, 0.4) is 0 Å². The lowest BCUT2D eigenvalue weighted by Crippen LogP contribution is -2.55. The molecule has 9 heteroatoms. The Hall–Kier alpha value is -1.74. The number of aromatic nitrogens is 2. The summed E-state index contributed by atoms with van der Waals surface area (Å²) in [7, 11) is 3.12. The monoisotopic (exact) mass is 342 g/mol. The number of anilines is 1. The number of esters is 1. The van der Waals surface area contributed by atoms with Gasteiger partial charge in [0.05, 0.1) is 0 Å². The van der Waals surface area contributed by atoms with Crippen LogP contribution in [0.5, 0.6) is 0 Å². The summed E-state index contributed by atoms with van der Waals surface area (Å²) >= 11 is 1.33. The molecule has 1 saturated heterocycles. The van der Waals surface area contributed by atoms with Gasteiger partial charge in [0.25, 0.3) is 0 Å². The number of hydrogen-bond donors (Lipinski definition) is 0. The Morgan fingerprint density at radius 1 is 1.39 bits per heavy atom. The van der Waals surface area contributed by atoms with Crippen molar-refractivity contribution in [3.8, 4) is 0 Å². The van der Waals surface area contributed by atoms with Gasteiger partial charge < -0.3 is 14.4 Å². The number of amides is 2. The van der Waals surface area contributed by atoms with Crippen molar-refractivity contribution in [2.75, 3.05) is 32.2 Å². The molecule has 2 heterocycles. The van der Waals surface area contributed by atoms with E-state index >= 15 is 0 Å². The molecule has 2 amide bonds. The number of carbonyl (C=O) groups excluding carboxylic acids is 2. The highest BCUT2D eigenvalue weighted by Gasteiger charge is 2.38. The molecule has 0 aromatic carbocycles. The molecule has 0 spiro atoms. The van der Waals surface area contributed by atoms with Crippen LogP contribution < -0.4 is 4.90 Å². The molecule has 0 aliphatic carbocycles. The lowest BCUT2D eigenvalue weighted by molar-refractivity contribution is -0.153. The second-order valence-electron chi connectivity index (χ2n) is 6.38. The molecule has 0 radical (unpaired) electrons. The van der Waals surface area contributed by atoms with E-state index in [9.17, 15) is 9.59 Å². The zero-order valence-electron chi connectivity index (χ0n) is 14.0. The Morgan fingerprint density at radius 2 is 2.09 bits per heavy atom. The van der Waals surface area contributed by atoms with Crippen LogP contribution in [-0.2, 0) is 19.7 Å². The van der Waals surface area contributed by atoms with Crippen LogP contribution in [0, 0.1) is 0 Å². The lowest BCUT2D eigenvalue weighted by Gasteiger charge is -2.37. The molecule has 1 aliphatic rings. The summed E-state index contributed by atoms with van der Waals surface area (Å²) in [6.45, 7) is 6.43. The highest BCUT2D eigenvalue weighted by molar-refractivity contribution is 7.15. The second-order valence-corrected chi connectivity index (χ2v) is 7.34. The van der Waals surface area contributed by atoms with Crippen LogP contribution >= 0.6 is 11.3 Å². The zero-order valence-corrected chi connectivity index (χ0v) is 14.8. The van der Waals surface area contributed by atoms with E-state index in [0.29, 0.717) is 18.1 Å². The van der Waals surface area contributed by atoms with E-state index in [4.69, 9.17) is 9.47 Å². The predicted molar refractivity (Wildman–Crippen MR) is 85.5 cm³/mol. The average Bonchev–Trinajstić information content (AvgIpc) is 2.93. The van der Waals surface area contributed by atoms with Crippen LogP contribution in [0.15, 0.2) is 0 Å².